The summed E-state index contributed by atoms with van der Waals surface area (Å²) in [5.41, 5.74) is 1.62. The summed E-state index contributed by atoms with van der Waals surface area (Å²) in [4.78, 5) is 12.7. The minimum absolute atomic E-state index is 0.0177. The zero-order valence-electron chi connectivity index (χ0n) is 16.8. The minimum atomic E-state index is -4.10. The SMILES string of the molecule is COc1ccc(S(=O)(=O)N(CC(=O)Nc2ccc(I)cc2C)c2ccc(F)cc2)cc1. The fraction of sp³-hybridized carbons (Fsp3) is 0.136. The highest BCUT2D eigenvalue weighted by Crippen LogP contribution is 2.26. The Labute approximate surface area is 194 Å². The molecule has 0 aliphatic carbocycles. The fourth-order valence-corrected chi connectivity index (χ4v) is 4.95. The molecule has 0 saturated heterocycles. The van der Waals surface area contributed by atoms with Gasteiger partial charge in [0.05, 0.1) is 17.7 Å². The van der Waals surface area contributed by atoms with Gasteiger partial charge in [0.15, 0.2) is 0 Å². The third-order valence-corrected chi connectivity index (χ3v) is 6.97. The molecule has 3 aromatic carbocycles. The van der Waals surface area contributed by atoms with Crippen LogP contribution in [0.25, 0.3) is 0 Å². The number of rotatable bonds is 7. The van der Waals surface area contributed by atoms with E-state index in [4.69, 9.17) is 4.74 Å². The number of sulfonamides is 1. The first-order valence-corrected chi connectivity index (χ1v) is 11.7. The minimum Gasteiger partial charge on any atom is -0.497 e. The predicted molar refractivity (Wildman–Crippen MR) is 126 cm³/mol. The van der Waals surface area contributed by atoms with E-state index in [1.807, 2.05) is 19.1 Å². The molecule has 0 fully saturated rings. The number of hydrogen-bond donors (Lipinski definition) is 1. The largest absolute Gasteiger partial charge is 0.497 e. The summed E-state index contributed by atoms with van der Waals surface area (Å²) in [6, 6.07) is 16.3. The van der Waals surface area contributed by atoms with Gasteiger partial charge in [0, 0.05) is 9.26 Å². The van der Waals surface area contributed by atoms with Crippen molar-refractivity contribution in [1.29, 1.82) is 0 Å². The number of aryl methyl sites for hydroxylation is 1. The van der Waals surface area contributed by atoms with Crippen LogP contribution in [0.15, 0.2) is 71.6 Å². The highest BCUT2D eigenvalue weighted by molar-refractivity contribution is 14.1. The maximum Gasteiger partial charge on any atom is 0.264 e. The van der Waals surface area contributed by atoms with Gasteiger partial charge >= 0.3 is 0 Å². The van der Waals surface area contributed by atoms with Gasteiger partial charge in [-0.05, 0) is 102 Å². The summed E-state index contributed by atoms with van der Waals surface area (Å²) in [7, 11) is -2.63. The van der Waals surface area contributed by atoms with E-state index in [0.717, 1.165) is 25.6 Å². The fourth-order valence-electron chi connectivity index (χ4n) is 2.88. The molecular weight excluding hydrogens is 534 g/mol. The maximum absolute atomic E-state index is 13.4. The summed E-state index contributed by atoms with van der Waals surface area (Å²) in [5, 5.41) is 2.75. The Hall–Kier alpha value is -2.66. The van der Waals surface area contributed by atoms with Crippen LogP contribution in [0, 0.1) is 16.3 Å². The van der Waals surface area contributed by atoms with Gasteiger partial charge < -0.3 is 10.1 Å². The maximum atomic E-state index is 13.4. The van der Waals surface area contributed by atoms with E-state index in [0.29, 0.717) is 11.4 Å². The van der Waals surface area contributed by atoms with Gasteiger partial charge in [-0.1, -0.05) is 0 Å². The zero-order chi connectivity index (χ0) is 22.6. The number of anilines is 2. The number of hydrogen-bond acceptors (Lipinski definition) is 4. The third kappa shape index (κ3) is 5.53. The van der Waals surface area contributed by atoms with Crippen molar-refractivity contribution in [2.75, 3.05) is 23.3 Å². The van der Waals surface area contributed by atoms with Crippen molar-refractivity contribution in [3.63, 3.8) is 0 Å². The van der Waals surface area contributed by atoms with Gasteiger partial charge in [-0.2, -0.15) is 0 Å². The van der Waals surface area contributed by atoms with Crippen LogP contribution >= 0.6 is 22.6 Å². The molecular formula is C22H20FIN2O4S. The van der Waals surface area contributed by atoms with Crippen molar-refractivity contribution in [3.05, 3.63) is 81.7 Å². The summed E-state index contributed by atoms with van der Waals surface area (Å²) < 4.78 is 47.1. The lowest BCUT2D eigenvalue weighted by Gasteiger charge is -2.24. The number of methoxy groups -OCH3 is 1. The first kappa shape index (κ1) is 23.0. The van der Waals surface area contributed by atoms with Crippen LogP contribution in [0.1, 0.15) is 5.56 Å². The summed E-state index contributed by atoms with van der Waals surface area (Å²) in [5.74, 6) is -0.533. The number of nitrogens with zero attached hydrogens (tertiary/aromatic N) is 1. The van der Waals surface area contributed by atoms with Crippen LogP contribution in [0.2, 0.25) is 0 Å². The molecule has 3 rings (SSSR count). The molecule has 9 heteroatoms. The second-order valence-electron chi connectivity index (χ2n) is 6.67. The molecule has 0 atom stereocenters. The van der Waals surface area contributed by atoms with Crippen molar-refractivity contribution in [2.24, 2.45) is 0 Å². The quantitative estimate of drug-likeness (QED) is 0.434. The van der Waals surface area contributed by atoms with Crippen molar-refractivity contribution in [2.45, 2.75) is 11.8 Å². The lowest BCUT2D eigenvalue weighted by atomic mass is 10.2. The van der Waals surface area contributed by atoms with Crippen molar-refractivity contribution >= 4 is 49.9 Å². The lowest BCUT2D eigenvalue weighted by Crippen LogP contribution is -2.38. The lowest BCUT2D eigenvalue weighted by molar-refractivity contribution is -0.114. The van der Waals surface area contributed by atoms with Crippen LogP contribution in [-0.2, 0) is 14.8 Å². The second-order valence-corrected chi connectivity index (χ2v) is 9.78. The monoisotopic (exact) mass is 554 g/mol. The van der Waals surface area contributed by atoms with E-state index in [2.05, 4.69) is 27.9 Å². The Morgan fingerprint density at radius 1 is 1.06 bits per heavy atom. The summed E-state index contributed by atoms with van der Waals surface area (Å²) in [6.07, 6.45) is 0. The smallest absolute Gasteiger partial charge is 0.264 e. The average molecular weight is 554 g/mol. The molecule has 1 amide bonds. The molecule has 0 aliphatic heterocycles. The summed E-state index contributed by atoms with van der Waals surface area (Å²) >= 11 is 2.17. The standard InChI is InChI=1S/C22H20FIN2O4S/c1-15-13-17(24)5-12-21(15)25-22(27)14-26(18-6-3-16(23)4-7-18)31(28,29)20-10-8-19(30-2)9-11-20/h3-13H,14H2,1-2H3,(H,25,27). The highest BCUT2D eigenvalue weighted by Gasteiger charge is 2.27. The molecule has 31 heavy (non-hydrogen) atoms. The molecule has 3 aromatic rings. The van der Waals surface area contributed by atoms with Crippen molar-refractivity contribution in [3.8, 4) is 5.75 Å². The number of halogens is 2. The highest BCUT2D eigenvalue weighted by atomic mass is 127. The predicted octanol–water partition coefficient (Wildman–Crippen LogP) is 4.58. The number of carbonyl (C=O) groups is 1. The number of ether oxygens (including phenoxy) is 1. The summed E-state index contributed by atoms with van der Waals surface area (Å²) in [6.45, 7) is 1.37. The van der Waals surface area contributed by atoms with Gasteiger partial charge in [0.1, 0.15) is 18.1 Å². The normalized spacial score (nSPS) is 11.1. The van der Waals surface area contributed by atoms with Gasteiger partial charge in [-0.25, -0.2) is 12.8 Å². The Morgan fingerprint density at radius 2 is 1.71 bits per heavy atom. The van der Waals surface area contributed by atoms with Crippen LogP contribution in [0.4, 0.5) is 15.8 Å². The van der Waals surface area contributed by atoms with Crippen LogP contribution < -0.4 is 14.4 Å². The van der Waals surface area contributed by atoms with E-state index >= 15 is 0 Å². The Balaban J connectivity index is 1.94. The topological polar surface area (TPSA) is 75.7 Å². The molecule has 1 N–H and O–H groups in total. The average Bonchev–Trinajstić information content (AvgIpc) is 2.75. The molecule has 0 spiro atoms. The molecule has 0 heterocycles. The number of benzene rings is 3. The van der Waals surface area contributed by atoms with Crippen LogP contribution in [0.5, 0.6) is 5.75 Å². The molecule has 0 unspecified atom stereocenters. The van der Waals surface area contributed by atoms with E-state index in [-0.39, 0.29) is 10.6 Å². The molecule has 6 nitrogen and oxygen atoms in total. The van der Waals surface area contributed by atoms with E-state index in [9.17, 15) is 17.6 Å². The van der Waals surface area contributed by atoms with Crippen molar-refractivity contribution in [1.82, 2.24) is 0 Å². The Morgan fingerprint density at radius 3 is 2.29 bits per heavy atom. The Bertz CT molecular complexity index is 1180. The van der Waals surface area contributed by atoms with Crippen LogP contribution in [-0.4, -0.2) is 28.0 Å². The molecule has 0 radical (unpaired) electrons. The van der Waals surface area contributed by atoms with Crippen LogP contribution in [0.3, 0.4) is 0 Å². The van der Waals surface area contributed by atoms with E-state index < -0.39 is 28.3 Å². The molecule has 0 aromatic heterocycles. The second kappa shape index (κ2) is 9.65. The van der Waals surface area contributed by atoms with Crippen molar-refractivity contribution < 1.29 is 22.3 Å². The molecule has 0 aliphatic rings. The molecule has 0 saturated carbocycles. The number of amides is 1. The van der Waals surface area contributed by atoms with Gasteiger partial charge in [0.25, 0.3) is 10.0 Å². The van der Waals surface area contributed by atoms with Gasteiger partial charge in [-0.3, -0.25) is 9.10 Å². The molecule has 0 bridgehead atoms. The third-order valence-electron chi connectivity index (χ3n) is 4.51. The van der Waals surface area contributed by atoms with Gasteiger partial charge in [0.2, 0.25) is 5.91 Å². The van der Waals surface area contributed by atoms with E-state index in [1.54, 1.807) is 6.07 Å². The first-order chi connectivity index (χ1) is 14.7. The molecule has 162 valence electrons. The zero-order valence-corrected chi connectivity index (χ0v) is 19.8. The number of carbonyl (C=O) groups excluding carboxylic acids is 1. The first-order valence-electron chi connectivity index (χ1n) is 9.19. The van der Waals surface area contributed by atoms with E-state index in [1.165, 1.54) is 43.5 Å². The Kier molecular flexibility index (Phi) is 7.16. The number of nitrogens with one attached hydrogen (secondary N) is 1. The van der Waals surface area contributed by atoms with Gasteiger partial charge in [-0.15, -0.1) is 0 Å².